The van der Waals surface area contributed by atoms with Crippen LogP contribution in [0.5, 0.6) is 0 Å². The highest BCUT2D eigenvalue weighted by molar-refractivity contribution is 5.03. The minimum Gasteiger partial charge on any atom is -0.313 e. The quantitative estimate of drug-likeness (QED) is 0.621. The second-order valence-electron chi connectivity index (χ2n) is 6.09. The first-order chi connectivity index (χ1) is 7.02. The highest BCUT2D eigenvalue weighted by Crippen LogP contribution is 2.25. The van der Waals surface area contributed by atoms with E-state index in [9.17, 15) is 0 Å². The molecule has 2 saturated heterocycles. The molecule has 2 fully saturated rings. The highest BCUT2D eigenvalue weighted by Gasteiger charge is 2.40. The van der Waals surface area contributed by atoms with Crippen LogP contribution in [0.15, 0.2) is 0 Å². The number of piperazine rings is 1. The van der Waals surface area contributed by atoms with Crippen molar-refractivity contribution in [1.82, 2.24) is 15.5 Å². The van der Waals surface area contributed by atoms with Crippen LogP contribution in [-0.4, -0.2) is 49.2 Å². The summed E-state index contributed by atoms with van der Waals surface area (Å²) in [5.74, 6) is 0. The third-order valence-corrected chi connectivity index (χ3v) is 3.65. The molecular formula is C12H25N3. The van der Waals surface area contributed by atoms with Gasteiger partial charge in [-0.1, -0.05) is 6.42 Å². The Labute approximate surface area is 93.6 Å². The van der Waals surface area contributed by atoms with Crippen LogP contribution >= 0.6 is 0 Å². The molecule has 3 heteroatoms. The van der Waals surface area contributed by atoms with Gasteiger partial charge in [-0.15, -0.1) is 0 Å². The highest BCUT2D eigenvalue weighted by atomic mass is 15.2. The Morgan fingerprint density at radius 2 is 1.93 bits per heavy atom. The molecule has 3 nitrogen and oxygen atoms in total. The zero-order chi connectivity index (χ0) is 10.9. The lowest BCUT2D eigenvalue weighted by atomic mass is 9.86. The van der Waals surface area contributed by atoms with Gasteiger partial charge in [0.05, 0.1) is 0 Å². The predicted molar refractivity (Wildman–Crippen MR) is 64.2 cm³/mol. The van der Waals surface area contributed by atoms with E-state index in [-0.39, 0.29) is 5.54 Å². The van der Waals surface area contributed by atoms with Crippen molar-refractivity contribution in [2.24, 2.45) is 0 Å². The molecule has 2 aliphatic rings. The average molecular weight is 211 g/mol. The van der Waals surface area contributed by atoms with Crippen LogP contribution in [-0.2, 0) is 0 Å². The topological polar surface area (TPSA) is 27.3 Å². The molecule has 0 bridgehead atoms. The van der Waals surface area contributed by atoms with Crippen molar-refractivity contribution >= 4 is 0 Å². The van der Waals surface area contributed by atoms with Gasteiger partial charge in [0.1, 0.15) is 0 Å². The minimum atomic E-state index is 0.240. The Morgan fingerprint density at radius 3 is 2.67 bits per heavy atom. The maximum Gasteiger partial charge on any atom is 0.0439 e. The summed E-state index contributed by atoms with van der Waals surface area (Å²) in [6.45, 7) is 9.24. The van der Waals surface area contributed by atoms with Crippen LogP contribution in [0.25, 0.3) is 0 Å². The smallest absolute Gasteiger partial charge is 0.0439 e. The molecular weight excluding hydrogens is 186 g/mol. The lowest BCUT2D eigenvalue weighted by Crippen LogP contribution is -2.70. The summed E-state index contributed by atoms with van der Waals surface area (Å²) in [6, 6.07) is 0. The third kappa shape index (κ3) is 2.71. The van der Waals surface area contributed by atoms with Crippen molar-refractivity contribution in [3.05, 3.63) is 0 Å². The Kier molecular flexibility index (Phi) is 3.06. The average Bonchev–Trinajstić information content (AvgIpc) is 2.25. The van der Waals surface area contributed by atoms with E-state index in [1.807, 2.05) is 0 Å². The zero-order valence-corrected chi connectivity index (χ0v) is 10.4. The molecule has 0 aliphatic carbocycles. The fourth-order valence-corrected chi connectivity index (χ4v) is 3.19. The maximum absolute atomic E-state index is 3.87. The fraction of sp³-hybridized carbons (Fsp3) is 1.00. The second kappa shape index (κ2) is 4.04. The summed E-state index contributed by atoms with van der Waals surface area (Å²) in [5.41, 5.74) is 0.552. The van der Waals surface area contributed by atoms with Gasteiger partial charge in [-0.2, -0.15) is 0 Å². The number of likely N-dealkylation sites (tertiary alicyclic amines) is 1. The van der Waals surface area contributed by atoms with Crippen LogP contribution in [0.2, 0.25) is 0 Å². The van der Waals surface area contributed by atoms with E-state index < -0.39 is 0 Å². The number of hydrogen-bond acceptors (Lipinski definition) is 3. The second-order valence-corrected chi connectivity index (χ2v) is 6.09. The first-order valence-corrected chi connectivity index (χ1v) is 6.20. The molecule has 1 atom stereocenters. The number of nitrogens with zero attached hydrogens (tertiary/aromatic N) is 1. The van der Waals surface area contributed by atoms with Crippen molar-refractivity contribution in [1.29, 1.82) is 0 Å². The number of hydrogen-bond donors (Lipinski definition) is 2. The van der Waals surface area contributed by atoms with Crippen LogP contribution in [0.3, 0.4) is 0 Å². The third-order valence-electron chi connectivity index (χ3n) is 3.65. The summed E-state index contributed by atoms with van der Waals surface area (Å²) in [7, 11) is 2.25. The van der Waals surface area contributed by atoms with Gasteiger partial charge in [0, 0.05) is 30.7 Å². The first kappa shape index (κ1) is 11.4. The summed E-state index contributed by atoms with van der Waals surface area (Å²) < 4.78 is 0. The molecule has 0 aromatic heterocycles. The molecule has 2 aliphatic heterocycles. The lowest BCUT2D eigenvalue weighted by Gasteiger charge is -2.47. The Balaban J connectivity index is 2.09. The van der Waals surface area contributed by atoms with Crippen LogP contribution < -0.4 is 10.6 Å². The number of rotatable bonds is 0. The van der Waals surface area contributed by atoms with E-state index in [0.29, 0.717) is 5.54 Å². The van der Waals surface area contributed by atoms with Crippen LogP contribution in [0.4, 0.5) is 0 Å². The number of likely N-dealkylation sites (N-methyl/N-ethyl adjacent to an activating group) is 1. The molecule has 88 valence electrons. The molecule has 1 spiro atoms. The molecule has 0 aromatic carbocycles. The largest absolute Gasteiger partial charge is 0.313 e. The van der Waals surface area contributed by atoms with Gasteiger partial charge in [-0.05, 0) is 40.3 Å². The Hall–Kier alpha value is -0.120. The Bertz CT molecular complexity index is 227. The monoisotopic (exact) mass is 211 g/mol. The number of nitrogens with one attached hydrogen (secondary N) is 2. The molecule has 0 radical (unpaired) electrons. The van der Waals surface area contributed by atoms with Crippen LogP contribution in [0, 0.1) is 0 Å². The van der Waals surface area contributed by atoms with Gasteiger partial charge in [-0.25, -0.2) is 0 Å². The molecule has 15 heavy (non-hydrogen) atoms. The van der Waals surface area contributed by atoms with E-state index in [1.165, 1.54) is 32.4 Å². The van der Waals surface area contributed by atoms with E-state index >= 15 is 0 Å². The zero-order valence-electron chi connectivity index (χ0n) is 10.4. The van der Waals surface area contributed by atoms with Crippen LogP contribution in [0.1, 0.15) is 33.1 Å². The summed E-state index contributed by atoms with van der Waals surface area (Å²) in [6.07, 6.45) is 4.02. The Morgan fingerprint density at radius 1 is 1.13 bits per heavy atom. The summed E-state index contributed by atoms with van der Waals surface area (Å²) in [4.78, 5) is 2.48. The maximum atomic E-state index is 3.87. The molecule has 0 aromatic rings. The van der Waals surface area contributed by atoms with Crippen molar-refractivity contribution in [2.45, 2.75) is 44.2 Å². The van der Waals surface area contributed by atoms with E-state index in [0.717, 1.165) is 13.1 Å². The van der Waals surface area contributed by atoms with E-state index in [1.54, 1.807) is 0 Å². The SMILES string of the molecule is CN1CCCCC2(CNCC(C)(C)N2)C1. The van der Waals surface area contributed by atoms with Crippen molar-refractivity contribution in [2.75, 3.05) is 33.2 Å². The standard InChI is InChI=1S/C12H25N3/c1-11(2)8-13-9-12(14-11)6-4-5-7-15(3)10-12/h13-14H,4-10H2,1-3H3. The van der Waals surface area contributed by atoms with Crippen molar-refractivity contribution in [3.8, 4) is 0 Å². The molecule has 2 heterocycles. The van der Waals surface area contributed by atoms with E-state index in [2.05, 4.69) is 36.4 Å². The normalized spacial score (nSPS) is 37.8. The van der Waals surface area contributed by atoms with Gasteiger partial charge in [0.15, 0.2) is 0 Å². The van der Waals surface area contributed by atoms with Gasteiger partial charge in [0.2, 0.25) is 0 Å². The van der Waals surface area contributed by atoms with Crippen molar-refractivity contribution < 1.29 is 0 Å². The molecule has 1 unspecified atom stereocenters. The fourth-order valence-electron chi connectivity index (χ4n) is 3.19. The summed E-state index contributed by atoms with van der Waals surface area (Å²) in [5, 5.41) is 7.47. The van der Waals surface area contributed by atoms with Crippen molar-refractivity contribution in [3.63, 3.8) is 0 Å². The van der Waals surface area contributed by atoms with Gasteiger partial charge < -0.3 is 15.5 Å². The molecule has 2 rings (SSSR count). The van der Waals surface area contributed by atoms with Gasteiger partial charge >= 0.3 is 0 Å². The van der Waals surface area contributed by atoms with Gasteiger partial charge in [0.25, 0.3) is 0 Å². The molecule has 2 N–H and O–H groups in total. The minimum absolute atomic E-state index is 0.240. The van der Waals surface area contributed by atoms with Gasteiger partial charge in [-0.3, -0.25) is 0 Å². The molecule has 0 saturated carbocycles. The lowest BCUT2D eigenvalue weighted by molar-refractivity contribution is 0.131. The summed E-state index contributed by atoms with van der Waals surface area (Å²) >= 11 is 0. The molecule has 0 amide bonds. The first-order valence-electron chi connectivity index (χ1n) is 6.20. The van der Waals surface area contributed by atoms with E-state index in [4.69, 9.17) is 0 Å². The predicted octanol–water partition coefficient (Wildman–Crippen LogP) is 0.812.